The highest BCUT2D eigenvalue weighted by Gasteiger charge is 2.25. The SMILES string of the molecule is N#Cc1ccsc1-c1c(-c2ccc(O)c(F)c2F)sc2c(F)cc(O)cc12. The van der Waals surface area contributed by atoms with Crippen molar-refractivity contribution in [3.05, 3.63) is 58.7 Å². The Bertz CT molecular complexity index is 1250. The van der Waals surface area contributed by atoms with Crippen LogP contribution in [0.1, 0.15) is 5.56 Å². The molecule has 0 spiro atoms. The van der Waals surface area contributed by atoms with Crippen LogP contribution in [0.4, 0.5) is 13.2 Å². The Balaban J connectivity index is 2.16. The van der Waals surface area contributed by atoms with Gasteiger partial charge >= 0.3 is 0 Å². The van der Waals surface area contributed by atoms with E-state index in [0.717, 1.165) is 23.5 Å². The zero-order valence-corrected chi connectivity index (χ0v) is 14.9. The summed E-state index contributed by atoms with van der Waals surface area (Å²) in [4.78, 5) is 0.654. The second-order valence-corrected chi connectivity index (χ2v) is 7.58. The van der Waals surface area contributed by atoms with Crippen molar-refractivity contribution in [2.75, 3.05) is 0 Å². The topological polar surface area (TPSA) is 64.2 Å². The molecule has 0 amide bonds. The molecule has 0 aliphatic rings. The third kappa shape index (κ3) is 2.63. The monoisotopic (exact) mass is 403 g/mol. The molecule has 134 valence electrons. The number of phenols is 2. The molecule has 0 atom stereocenters. The van der Waals surface area contributed by atoms with Gasteiger partial charge in [-0.25, -0.2) is 8.78 Å². The minimum Gasteiger partial charge on any atom is -0.508 e. The Morgan fingerprint density at radius 1 is 0.963 bits per heavy atom. The molecular formula is C19H8F3NO2S2. The van der Waals surface area contributed by atoms with Crippen LogP contribution in [0.2, 0.25) is 0 Å². The predicted octanol–water partition coefficient (Wildman–Crippen LogP) is 6.00. The van der Waals surface area contributed by atoms with Gasteiger partial charge in [-0.05, 0) is 29.6 Å². The van der Waals surface area contributed by atoms with Gasteiger partial charge in [0.15, 0.2) is 11.6 Å². The molecule has 0 fully saturated rings. The second-order valence-electron chi connectivity index (χ2n) is 5.65. The van der Waals surface area contributed by atoms with Crippen LogP contribution in [0.15, 0.2) is 35.7 Å². The predicted molar refractivity (Wildman–Crippen MR) is 98.5 cm³/mol. The van der Waals surface area contributed by atoms with Crippen molar-refractivity contribution in [3.8, 4) is 38.4 Å². The van der Waals surface area contributed by atoms with Crippen LogP contribution in [-0.2, 0) is 0 Å². The lowest BCUT2D eigenvalue weighted by molar-refractivity contribution is 0.408. The summed E-state index contributed by atoms with van der Waals surface area (Å²) in [6, 6.07) is 8.05. The first-order valence-corrected chi connectivity index (χ1v) is 9.22. The van der Waals surface area contributed by atoms with Crippen molar-refractivity contribution in [1.82, 2.24) is 0 Å². The third-order valence-corrected chi connectivity index (χ3v) is 6.23. The molecule has 0 saturated carbocycles. The maximum absolute atomic E-state index is 14.5. The smallest absolute Gasteiger partial charge is 0.201 e. The summed E-state index contributed by atoms with van der Waals surface area (Å²) in [5.74, 6) is -4.56. The molecule has 0 aliphatic carbocycles. The van der Waals surface area contributed by atoms with E-state index in [1.54, 1.807) is 11.4 Å². The number of hydrogen-bond acceptors (Lipinski definition) is 5. The van der Waals surface area contributed by atoms with Gasteiger partial charge in [-0.2, -0.15) is 9.65 Å². The van der Waals surface area contributed by atoms with Gasteiger partial charge in [0, 0.05) is 27.5 Å². The van der Waals surface area contributed by atoms with E-state index in [1.165, 1.54) is 23.5 Å². The highest BCUT2D eigenvalue weighted by molar-refractivity contribution is 7.24. The molecule has 2 N–H and O–H groups in total. The zero-order valence-electron chi connectivity index (χ0n) is 13.3. The van der Waals surface area contributed by atoms with E-state index in [4.69, 9.17) is 0 Å². The van der Waals surface area contributed by atoms with E-state index in [-0.39, 0.29) is 20.9 Å². The van der Waals surface area contributed by atoms with E-state index >= 15 is 0 Å². The molecule has 2 heterocycles. The molecule has 0 unspecified atom stereocenters. The molecule has 0 bridgehead atoms. The summed E-state index contributed by atoms with van der Waals surface area (Å²) in [7, 11) is 0. The minimum absolute atomic E-state index is 0.142. The number of hydrogen-bond donors (Lipinski definition) is 2. The first kappa shape index (κ1) is 17.4. The van der Waals surface area contributed by atoms with Crippen LogP contribution >= 0.6 is 22.7 Å². The molecule has 0 saturated heterocycles. The van der Waals surface area contributed by atoms with Gasteiger partial charge in [0.2, 0.25) is 5.82 Å². The van der Waals surface area contributed by atoms with Gasteiger partial charge in [0.25, 0.3) is 0 Å². The number of phenolic OH excluding ortho intramolecular Hbond substituents is 2. The first-order valence-electron chi connectivity index (χ1n) is 7.52. The molecule has 0 aliphatic heterocycles. The standard InChI is InChI=1S/C19H8F3NO2S2/c20-12-6-9(24)5-11-14(17-8(7-23)3-4-26-17)19(27-18(11)12)10-1-2-13(25)16(22)15(10)21/h1-6,24-25H. The van der Waals surface area contributed by atoms with Crippen molar-refractivity contribution in [3.63, 3.8) is 0 Å². The first-order chi connectivity index (χ1) is 12.9. The Morgan fingerprint density at radius 2 is 1.74 bits per heavy atom. The van der Waals surface area contributed by atoms with Gasteiger partial charge in [-0.15, -0.1) is 22.7 Å². The van der Waals surface area contributed by atoms with Crippen molar-refractivity contribution >= 4 is 32.8 Å². The summed E-state index contributed by atoms with van der Waals surface area (Å²) in [5, 5.41) is 30.5. The molecule has 2 aromatic heterocycles. The van der Waals surface area contributed by atoms with Gasteiger partial charge in [0.1, 0.15) is 17.6 Å². The number of halogens is 3. The van der Waals surface area contributed by atoms with Gasteiger partial charge in [-0.1, -0.05) is 0 Å². The number of nitriles is 1. The van der Waals surface area contributed by atoms with Crippen molar-refractivity contribution < 1.29 is 23.4 Å². The van der Waals surface area contributed by atoms with Gasteiger partial charge in [0.05, 0.1) is 15.1 Å². The van der Waals surface area contributed by atoms with Crippen LogP contribution in [0.3, 0.4) is 0 Å². The van der Waals surface area contributed by atoms with Gasteiger partial charge < -0.3 is 10.2 Å². The fourth-order valence-electron chi connectivity index (χ4n) is 2.86. The van der Waals surface area contributed by atoms with Crippen LogP contribution < -0.4 is 0 Å². The highest BCUT2D eigenvalue weighted by atomic mass is 32.1. The van der Waals surface area contributed by atoms with Crippen LogP contribution in [0.5, 0.6) is 11.5 Å². The number of fused-ring (bicyclic) bond motifs is 1. The average molecular weight is 403 g/mol. The molecule has 2 aromatic carbocycles. The fraction of sp³-hybridized carbons (Fsp3) is 0. The van der Waals surface area contributed by atoms with E-state index in [9.17, 15) is 28.6 Å². The lowest BCUT2D eigenvalue weighted by Gasteiger charge is -2.07. The molecule has 4 rings (SSSR count). The summed E-state index contributed by atoms with van der Waals surface area (Å²) < 4.78 is 43.0. The number of thiophene rings is 2. The number of nitrogens with zero attached hydrogens (tertiary/aromatic N) is 1. The minimum atomic E-state index is -1.41. The van der Waals surface area contributed by atoms with Crippen molar-refractivity contribution in [1.29, 1.82) is 5.26 Å². The Morgan fingerprint density at radius 3 is 2.48 bits per heavy atom. The van der Waals surface area contributed by atoms with E-state index in [1.807, 2.05) is 6.07 Å². The maximum atomic E-state index is 14.5. The molecular weight excluding hydrogens is 395 g/mol. The van der Waals surface area contributed by atoms with Crippen LogP contribution in [0.25, 0.3) is 31.0 Å². The van der Waals surface area contributed by atoms with E-state index in [2.05, 4.69) is 0 Å². The second kappa shape index (κ2) is 6.30. The average Bonchev–Trinajstić information content (AvgIpc) is 3.23. The summed E-state index contributed by atoms with van der Waals surface area (Å²) >= 11 is 2.08. The molecule has 4 aromatic rings. The summed E-state index contributed by atoms with van der Waals surface area (Å²) in [5.41, 5.74) is 0.461. The Hall–Kier alpha value is -3.02. The molecule has 0 radical (unpaired) electrons. The van der Waals surface area contributed by atoms with Crippen LogP contribution in [-0.4, -0.2) is 10.2 Å². The zero-order chi connectivity index (χ0) is 19.3. The van der Waals surface area contributed by atoms with E-state index < -0.39 is 23.2 Å². The summed E-state index contributed by atoms with van der Waals surface area (Å²) in [6.45, 7) is 0. The van der Waals surface area contributed by atoms with E-state index in [0.29, 0.717) is 21.4 Å². The quantitative estimate of drug-likeness (QED) is 0.432. The number of aromatic hydroxyl groups is 2. The largest absolute Gasteiger partial charge is 0.508 e. The van der Waals surface area contributed by atoms with Crippen molar-refractivity contribution in [2.45, 2.75) is 0 Å². The molecule has 27 heavy (non-hydrogen) atoms. The molecule has 8 heteroatoms. The normalized spacial score (nSPS) is 11.0. The lowest BCUT2D eigenvalue weighted by atomic mass is 10.0. The fourth-order valence-corrected chi connectivity index (χ4v) is 5.05. The van der Waals surface area contributed by atoms with Crippen LogP contribution in [0, 0.1) is 28.8 Å². The lowest BCUT2D eigenvalue weighted by Crippen LogP contribution is -1.90. The Kier molecular flexibility index (Phi) is 4.06. The third-order valence-electron chi connectivity index (χ3n) is 4.05. The highest BCUT2D eigenvalue weighted by Crippen LogP contribution is 2.49. The summed E-state index contributed by atoms with van der Waals surface area (Å²) in [6.07, 6.45) is 0. The Labute approximate surface area is 158 Å². The number of rotatable bonds is 2. The maximum Gasteiger partial charge on any atom is 0.201 e. The van der Waals surface area contributed by atoms with Crippen molar-refractivity contribution in [2.24, 2.45) is 0 Å². The van der Waals surface area contributed by atoms with Gasteiger partial charge in [-0.3, -0.25) is 0 Å². The molecule has 3 nitrogen and oxygen atoms in total. The number of benzene rings is 2.